The highest BCUT2D eigenvalue weighted by Gasteiger charge is 2.18. The Morgan fingerprint density at radius 2 is 1.88 bits per heavy atom. The molecule has 2 atom stereocenters. The molecule has 0 saturated carbocycles. The normalized spacial score (nSPS) is 14.7. The monoisotopic (exact) mass is 215 g/mol. The summed E-state index contributed by atoms with van der Waals surface area (Å²) in [6, 6.07) is 12.2. The molecule has 0 aliphatic rings. The van der Waals surface area contributed by atoms with Crippen molar-refractivity contribution in [2.24, 2.45) is 12.8 Å². The zero-order valence-corrected chi connectivity index (χ0v) is 9.67. The van der Waals surface area contributed by atoms with E-state index in [4.69, 9.17) is 5.73 Å². The predicted molar refractivity (Wildman–Crippen MR) is 65.0 cm³/mol. The third kappa shape index (κ3) is 2.14. The number of aromatic nitrogens is 2. The molecule has 2 rings (SSSR count). The molecule has 0 fully saturated rings. The maximum atomic E-state index is 6.21. The minimum atomic E-state index is -0.0522. The highest BCUT2D eigenvalue weighted by atomic mass is 15.3. The van der Waals surface area contributed by atoms with Crippen LogP contribution in [-0.4, -0.2) is 9.78 Å². The summed E-state index contributed by atoms with van der Waals surface area (Å²) in [4.78, 5) is 0. The quantitative estimate of drug-likeness (QED) is 0.853. The average Bonchev–Trinajstić information content (AvgIpc) is 2.75. The van der Waals surface area contributed by atoms with Crippen LogP contribution in [0, 0.1) is 0 Å². The Bertz CT molecular complexity index is 447. The zero-order valence-electron chi connectivity index (χ0n) is 9.67. The lowest BCUT2D eigenvalue weighted by Gasteiger charge is -2.18. The van der Waals surface area contributed by atoms with Gasteiger partial charge in [0.1, 0.15) is 0 Å². The lowest BCUT2D eigenvalue weighted by molar-refractivity contribution is 0.570. The Morgan fingerprint density at radius 1 is 1.19 bits per heavy atom. The molecule has 16 heavy (non-hydrogen) atoms. The van der Waals surface area contributed by atoms with Gasteiger partial charge in [0, 0.05) is 19.2 Å². The van der Waals surface area contributed by atoms with Crippen LogP contribution >= 0.6 is 0 Å². The minimum Gasteiger partial charge on any atom is -0.322 e. The summed E-state index contributed by atoms with van der Waals surface area (Å²) in [6.45, 7) is 2.13. The van der Waals surface area contributed by atoms with Crippen molar-refractivity contribution >= 4 is 0 Å². The lowest BCUT2D eigenvalue weighted by Crippen LogP contribution is -2.18. The Labute approximate surface area is 95.9 Å². The van der Waals surface area contributed by atoms with Crippen molar-refractivity contribution in [3.05, 3.63) is 53.9 Å². The zero-order chi connectivity index (χ0) is 11.5. The van der Waals surface area contributed by atoms with Gasteiger partial charge in [-0.1, -0.05) is 37.3 Å². The molecule has 3 heteroatoms. The van der Waals surface area contributed by atoms with E-state index in [-0.39, 0.29) is 12.0 Å². The molecular formula is C13H17N3. The molecular weight excluding hydrogens is 198 g/mol. The Kier molecular flexibility index (Phi) is 3.06. The fraction of sp³-hybridized carbons (Fsp3) is 0.308. The lowest BCUT2D eigenvalue weighted by atomic mass is 9.92. The molecule has 0 saturated heterocycles. The number of nitrogens with two attached hydrogens (primary N) is 1. The predicted octanol–water partition coefficient (Wildman–Crippen LogP) is 2.22. The summed E-state index contributed by atoms with van der Waals surface area (Å²) < 4.78 is 1.78. The van der Waals surface area contributed by atoms with Crippen LogP contribution in [0.2, 0.25) is 0 Å². The fourth-order valence-corrected chi connectivity index (χ4v) is 1.83. The second-order valence-corrected chi connectivity index (χ2v) is 4.14. The summed E-state index contributed by atoms with van der Waals surface area (Å²) >= 11 is 0. The van der Waals surface area contributed by atoms with Gasteiger partial charge in [-0.25, -0.2) is 0 Å². The highest BCUT2D eigenvalue weighted by Crippen LogP contribution is 2.27. The number of hydrogen-bond donors (Lipinski definition) is 1. The number of nitrogens with zero attached hydrogens (tertiary/aromatic N) is 2. The van der Waals surface area contributed by atoms with E-state index >= 15 is 0 Å². The maximum absolute atomic E-state index is 6.21. The summed E-state index contributed by atoms with van der Waals surface area (Å²) in [6.07, 6.45) is 1.92. The van der Waals surface area contributed by atoms with Gasteiger partial charge in [0.15, 0.2) is 0 Å². The van der Waals surface area contributed by atoms with Gasteiger partial charge in [0.05, 0.1) is 11.7 Å². The summed E-state index contributed by atoms with van der Waals surface area (Å²) in [5.41, 5.74) is 8.40. The van der Waals surface area contributed by atoms with Gasteiger partial charge in [0.2, 0.25) is 0 Å². The summed E-state index contributed by atoms with van der Waals surface area (Å²) in [5, 5.41) is 4.35. The molecule has 1 aromatic heterocycles. The third-order valence-corrected chi connectivity index (χ3v) is 2.94. The summed E-state index contributed by atoms with van der Waals surface area (Å²) in [7, 11) is 1.91. The van der Waals surface area contributed by atoms with Gasteiger partial charge in [-0.05, 0) is 11.6 Å². The first-order valence-electron chi connectivity index (χ1n) is 5.48. The first-order chi connectivity index (χ1) is 7.68. The van der Waals surface area contributed by atoms with E-state index < -0.39 is 0 Å². The van der Waals surface area contributed by atoms with E-state index in [1.165, 1.54) is 5.56 Å². The Morgan fingerprint density at radius 3 is 2.44 bits per heavy atom. The van der Waals surface area contributed by atoms with E-state index in [9.17, 15) is 0 Å². The van der Waals surface area contributed by atoms with Crippen molar-refractivity contribution in [2.45, 2.75) is 18.9 Å². The van der Waals surface area contributed by atoms with Gasteiger partial charge in [-0.3, -0.25) is 4.68 Å². The molecule has 3 nitrogen and oxygen atoms in total. The second kappa shape index (κ2) is 4.49. The molecule has 0 spiro atoms. The molecule has 1 aromatic carbocycles. The second-order valence-electron chi connectivity index (χ2n) is 4.14. The van der Waals surface area contributed by atoms with Gasteiger partial charge in [0.25, 0.3) is 0 Å². The number of rotatable bonds is 3. The van der Waals surface area contributed by atoms with E-state index in [0.29, 0.717) is 0 Å². The number of benzene rings is 1. The van der Waals surface area contributed by atoms with Crippen LogP contribution in [0.4, 0.5) is 0 Å². The molecule has 84 valence electrons. The first-order valence-corrected chi connectivity index (χ1v) is 5.48. The van der Waals surface area contributed by atoms with Crippen LogP contribution in [0.1, 0.15) is 30.1 Å². The van der Waals surface area contributed by atoms with Crippen molar-refractivity contribution in [1.82, 2.24) is 9.78 Å². The van der Waals surface area contributed by atoms with E-state index in [2.05, 4.69) is 24.2 Å². The Hall–Kier alpha value is -1.61. The molecule has 2 unspecified atom stereocenters. The topological polar surface area (TPSA) is 43.8 Å². The molecule has 0 aliphatic carbocycles. The number of aryl methyl sites for hydroxylation is 1. The molecule has 0 aliphatic heterocycles. The Balaban J connectivity index is 2.19. The van der Waals surface area contributed by atoms with Crippen LogP contribution in [0.25, 0.3) is 0 Å². The first kappa shape index (κ1) is 10.9. The molecule has 0 amide bonds. The molecule has 0 bridgehead atoms. The number of hydrogen-bond acceptors (Lipinski definition) is 2. The van der Waals surface area contributed by atoms with Crippen molar-refractivity contribution < 1.29 is 0 Å². The van der Waals surface area contributed by atoms with Crippen LogP contribution < -0.4 is 5.73 Å². The van der Waals surface area contributed by atoms with Crippen molar-refractivity contribution in [1.29, 1.82) is 0 Å². The SMILES string of the molecule is CC(c1ccccc1)C(N)c1ccn(C)n1. The van der Waals surface area contributed by atoms with Crippen molar-refractivity contribution in [2.75, 3.05) is 0 Å². The van der Waals surface area contributed by atoms with E-state index in [1.54, 1.807) is 4.68 Å². The van der Waals surface area contributed by atoms with Crippen molar-refractivity contribution in [3.63, 3.8) is 0 Å². The summed E-state index contributed by atoms with van der Waals surface area (Å²) in [5.74, 6) is 0.274. The molecule has 1 heterocycles. The molecule has 2 N–H and O–H groups in total. The highest BCUT2D eigenvalue weighted by molar-refractivity contribution is 5.23. The standard InChI is InChI=1S/C13H17N3/c1-10(11-6-4-3-5-7-11)13(14)12-8-9-16(2)15-12/h3-10,13H,14H2,1-2H3. The average molecular weight is 215 g/mol. The molecule has 2 aromatic rings. The van der Waals surface area contributed by atoms with Crippen LogP contribution in [0.5, 0.6) is 0 Å². The fourth-order valence-electron chi connectivity index (χ4n) is 1.83. The van der Waals surface area contributed by atoms with Gasteiger partial charge >= 0.3 is 0 Å². The van der Waals surface area contributed by atoms with Crippen LogP contribution in [0.15, 0.2) is 42.6 Å². The van der Waals surface area contributed by atoms with Crippen LogP contribution in [0.3, 0.4) is 0 Å². The van der Waals surface area contributed by atoms with E-state index in [0.717, 1.165) is 5.69 Å². The van der Waals surface area contributed by atoms with Gasteiger partial charge in [-0.2, -0.15) is 5.10 Å². The van der Waals surface area contributed by atoms with Crippen molar-refractivity contribution in [3.8, 4) is 0 Å². The van der Waals surface area contributed by atoms with Crippen LogP contribution in [-0.2, 0) is 7.05 Å². The van der Waals surface area contributed by atoms with Gasteiger partial charge < -0.3 is 5.73 Å². The third-order valence-electron chi connectivity index (χ3n) is 2.94. The minimum absolute atomic E-state index is 0.0522. The molecule has 0 radical (unpaired) electrons. The maximum Gasteiger partial charge on any atom is 0.0797 e. The largest absolute Gasteiger partial charge is 0.322 e. The van der Waals surface area contributed by atoms with Gasteiger partial charge in [-0.15, -0.1) is 0 Å². The van der Waals surface area contributed by atoms with E-state index in [1.807, 2.05) is 37.5 Å². The smallest absolute Gasteiger partial charge is 0.0797 e.